The Labute approximate surface area is 126 Å². The lowest BCUT2D eigenvalue weighted by molar-refractivity contribution is 0.414. The van der Waals surface area contributed by atoms with Crippen LogP contribution in [-0.2, 0) is 6.42 Å². The number of aromatic nitrogens is 1. The Morgan fingerprint density at radius 1 is 1.10 bits per heavy atom. The maximum Gasteiger partial charge on any atom is 0.118 e. The highest BCUT2D eigenvalue weighted by Gasteiger charge is 2.16. The predicted molar refractivity (Wildman–Crippen MR) is 84.9 cm³/mol. The quantitative estimate of drug-likeness (QED) is 0.935. The third kappa shape index (κ3) is 3.61. The van der Waals surface area contributed by atoms with E-state index in [1.807, 2.05) is 12.1 Å². The van der Waals surface area contributed by atoms with E-state index in [-0.39, 0.29) is 0 Å². The summed E-state index contributed by atoms with van der Waals surface area (Å²) in [5.74, 6) is 1.51. The van der Waals surface area contributed by atoms with Gasteiger partial charge in [0.05, 0.1) is 7.11 Å². The van der Waals surface area contributed by atoms with Crippen molar-refractivity contribution in [3.8, 4) is 5.75 Å². The molecule has 0 spiro atoms. The molecule has 0 atom stereocenters. The number of hydrogen-bond donors (Lipinski definition) is 1. The van der Waals surface area contributed by atoms with Crippen molar-refractivity contribution in [1.29, 1.82) is 0 Å². The standard InChI is InChI=1S/C18H22N2O/c1-21-17-7-5-14(6-8-17)13-16-3-2-4-18(20-16)15-9-11-19-12-10-15/h2-8,15,19H,9-13H2,1H3. The van der Waals surface area contributed by atoms with Crippen LogP contribution in [0.1, 0.15) is 35.7 Å². The topological polar surface area (TPSA) is 34.1 Å². The van der Waals surface area contributed by atoms with Gasteiger partial charge in [-0.1, -0.05) is 18.2 Å². The summed E-state index contributed by atoms with van der Waals surface area (Å²) in [6.07, 6.45) is 3.26. The van der Waals surface area contributed by atoms with Gasteiger partial charge < -0.3 is 10.1 Å². The van der Waals surface area contributed by atoms with Crippen LogP contribution in [0.5, 0.6) is 5.75 Å². The van der Waals surface area contributed by atoms with Gasteiger partial charge >= 0.3 is 0 Å². The minimum absolute atomic E-state index is 0.613. The van der Waals surface area contributed by atoms with E-state index >= 15 is 0 Å². The summed E-state index contributed by atoms with van der Waals surface area (Å²) >= 11 is 0. The highest BCUT2D eigenvalue weighted by molar-refractivity contribution is 5.30. The van der Waals surface area contributed by atoms with Crippen LogP contribution in [0.2, 0.25) is 0 Å². The number of pyridine rings is 1. The summed E-state index contributed by atoms with van der Waals surface area (Å²) in [5.41, 5.74) is 3.67. The SMILES string of the molecule is COc1ccc(Cc2cccc(C3CCNCC3)n2)cc1. The molecule has 3 nitrogen and oxygen atoms in total. The zero-order valence-corrected chi connectivity index (χ0v) is 12.5. The molecule has 0 unspecified atom stereocenters. The van der Waals surface area contributed by atoms with E-state index in [2.05, 4.69) is 35.6 Å². The van der Waals surface area contributed by atoms with Gasteiger partial charge in [-0.15, -0.1) is 0 Å². The first-order valence-corrected chi connectivity index (χ1v) is 7.64. The zero-order valence-electron chi connectivity index (χ0n) is 12.5. The van der Waals surface area contributed by atoms with Crippen molar-refractivity contribution in [3.05, 3.63) is 59.4 Å². The van der Waals surface area contributed by atoms with Crippen molar-refractivity contribution in [2.75, 3.05) is 20.2 Å². The van der Waals surface area contributed by atoms with Crippen LogP contribution >= 0.6 is 0 Å². The molecule has 2 aromatic rings. The maximum atomic E-state index is 5.20. The molecule has 0 aliphatic carbocycles. The number of hydrogen-bond acceptors (Lipinski definition) is 3. The predicted octanol–water partition coefficient (Wildman–Crippen LogP) is 3.15. The first-order chi connectivity index (χ1) is 10.3. The number of nitrogens with one attached hydrogen (secondary N) is 1. The Kier molecular flexibility index (Phi) is 4.51. The average Bonchev–Trinajstić information content (AvgIpc) is 2.57. The largest absolute Gasteiger partial charge is 0.497 e. The molecule has 0 amide bonds. The Bertz CT molecular complexity index is 574. The summed E-state index contributed by atoms with van der Waals surface area (Å²) < 4.78 is 5.20. The fourth-order valence-electron chi connectivity index (χ4n) is 2.89. The number of benzene rings is 1. The molecular weight excluding hydrogens is 260 g/mol. The molecule has 3 rings (SSSR count). The van der Waals surface area contributed by atoms with Crippen LogP contribution in [0, 0.1) is 0 Å². The Balaban J connectivity index is 1.72. The number of methoxy groups -OCH3 is 1. The van der Waals surface area contributed by atoms with Gasteiger partial charge in [-0.25, -0.2) is 0 Å². The number of ether oxygens (including phenoxy) is 1. The van der Waals surface area contributed by atoms with Crippen LogP contribution in [0.15, 0.2) is 42.5 Å². The van der Waals surface area contributed by atoms with E-state index in [9.17, 15) is 0 Å². The summed E-state index contributed by atoms with van der Waals surface area (Å²) in [6.45, 7) is 2.21. The second kappa shape index (κ2) is 6.72. The van der Waals surface area contributed by atoms with Gasteiger partial charge in [-0.3, -0.25) is 4.98 Å². The van der Waals surface area contributed by atoms with Gasteiger partial charge in [0.2, 0.25) is 0 Å². The van der Waals surface area contributed by atoms with Crippen molar-refractivity contribution in [1.82, 2.24) is 10.3 Å². The highest BCUT2D eigenvalue weighted by Crippen LogP contribution is 2.24. The zero-order chi connectivity index (χ0) is 14.5. The number of nitrogens with zero attached hydrogens (tertiary/aromatic N) is 1. The minimum Gasteiger partial charge on any atom is -0.497 e. The molecule has 110 valence electrons. The first-order valence-electron chi connectivity index (χ1n) is 7.64. The number of piperidine rings is 1. The van der Waals surface area contributed by atoms with Crippen molar-refractivity contribution < 1.29 is 4.74 Å². The maximum absolute atomic E-state index is 5.20. The third-order valence-corrected chi connectivity index (χ3v) is 4.13. The molecule has 1 N–H and O–H groups in total. The van der Waals surface area contributed by atoms with E-state index in [0.717, 1.165) is 31.0 Å². The van der Waals surface area contributed by atoms with Gasteiger partial charge in [-0.05, 0) is 55.8 Å². The Morgan fingerprint density at radius 3 is 2.57 bits per heavy atom. The Hall–Kier alpha value is -1.87. The normalized spacial score (nSPS) is 15.9. The van der Waals surface area contributed by atoms with E-state index in [0.29, 0.717) is 5.92 Å². The molecule has 1 saturated heterocycles. The highest BCUT2D eigenvalue weighted by atomic mass is 16.5. The second-order valence-electron chi connectivity index (χ2n) is 5.60. The first kappa shape index (κ1) is 14.1. The van der Waals surface area contributed by atoms with Gasteiger partial charge in [0, 0.05) is 23.7 Å². The summed E-state index contributed by atoms with van der Waals surface area (Å²) in [6, 6.07) is 14.7. The van der Waals surface area contributed by atoms with Crippen LogP contribution in [-0.4, -0.2) is 25.2 Å². The lowest BCUT2D eigenvalue weighted by atomic mass is 9.94. The molecule has 2 heterocycles. The molecular formula is C18H22N2O. The third-order valence-electron chi connectivity index (χ3n) is 4.13. The van der Waals surface area contributed by atoms with Crippen LogP contribution in [0.3, 0.4) is 0 Å². The molecule has 21 heavy (non-hydrogen) atoms. The van der Waals surface area contributed by atoms with Crippen molar-refractivity contribution >= 4 is 0 Å². The van der Waals surface area contributed by atoms with E-state index in [1.165, 1.54) is 24.1 Å². The molecule has 1 aliphatic heterocycles. The summed E-state index contributed by atoms with van der Waals surface area (Å²) in [7, 11) is 1.69. The Morgan fingerprint density at radius 2 is 1.86 bits per heavy atom. The fraction of sp³-hybridized carbons (Fsp3) is 0.389. The molecule has 0 saturated carbocycles. The van der Waals surface area contributed by atoms with Gasteiger partial charge in [-0.2, -0.15) is 0 Å². The lowest BCUT2D eigenvalue weighted by Crippen LogP contribution is -2.27. The molecule has 3 heteroatoms. The summed E-state index contributed by atoms with van der Waals surface area (Å²) in [5, 5.41) is 3.41. The summed E-state index contributed by atoms with van der Waals surface area (Å²) in [4.78, 5) is 4.88. The second-order valence-corrected chi connectivity index (χ2v) is 5.60. The van der Waals surface area contributed by atoms with E-state index < -0.39 is 0 Å². The lowest BCUT2D eigenvalue weighted by Gasteiger charge is -2.22. The van der Waals surface area contributed by atoms with Gasteiger partial charge in [0.1, 0.15) is 5.75 Å². The monoisotopic (exact) mass is 282 g/mol. The van der Waals surface area contributed by atoms with Gasteiger partial charge in [0.15, 0.2) is 0 Å². The number of rotatable bonds is 4. The van der Waals surface area contributed by atoms with Crippen LogP contribution in [0.25, 0.3) is 0 Å². The minimum atomic E-state index is 0.613. The van der Waals surface area contributed by atoms with Crippen molar-refractivity contribution in [2.45, 2.75) is 25.2 Å². The van der Waals surface area contributed by atoms with Gasteiger partial charge in [0.25, 0.3) is 0 Å². The smallest absolute Gasteiger partial charge is 0.118 e. The van der Waals surface area contributed by atoms with Crippen molar-refractivity contribution in [3.63, 3.8) is 0 Å². The van der Waals surface area contributed by atoms with Crippen molar-refractivity contribution in [2.24, 2.45) is 0 Å². The molecule has 0 radical (unpaired) electrons. The molecule has 0 bridgehead atoms. The van der Waals surface area contributed by atoms with E-state index in [4.69, 9.17) is 9.72 Å². The average molecular weight is 282 g/mol. The molecule has 1 aromatic heterocycles. The fourth-order valence-corrected chi connectivity index (χ4v) is 2.89. The molecule has 1 aliphatic rings. The van der Waals surface area contributed by atoms with E-state index in [1.54, 1.807) is 7.11 Å². The van der Waals surface area contributed by atoms with Crippen LogP contribution < -0.4 is 10.1 Å². The molecule has 1 aromatic carbocycles. The molecule has 1 fully saturated rings. The van der Waals surface area contributed by atoms with Crippen LogP contribution in [0.4, 0.5) is 0 Å².